The van der Waals surface area contributed by atoms with E-state index in [1.54, 1.807) is 0 Å². The summed E-state index contributed by atoms with van der Waals surface area (Å²) in [5.74, 6) is 0.653. The summed E-state index contributed by atoms with van der Waals surface area (Å²) in [6.07, 6.45) is 2.08. The molecule has 0 radical (unpaired) electrons. The average molecular weight is 494 g/mol. The Kier molecular flexibility index (Phi) is 13.2. The van der Waals surface area contributed by atoms with E-state index in [2.05, 4.69) is 34.6 Å². The van der Waals surface area contributed by atoms with Gasteiger partial charge in [0.1, 0.15) is 0 Å². The van der Waals surface area contributed by atoms with Crippen LogP contribution in [0.25, 0.3) is 0 Å². The molecule has 0 heterocycles. The van der Waals surface area contributed by atoms with Gasteiger partial charge >= 0.3 is 0 Å². The molecule has 0 bridgehead atoms. The van der Waals surface area contributed by atoms with Crippen LogP contribution in [0.3, 0.4) is 0 Å². The minimum atomic E-state index is 0. The fourth-order valence-electron chi connectivity index (χ4n) is 0.874. The van der Waals surface area contributed by atoms with Gasteiger partial charge in [0.15, 0.2) is 0 Å². The van der Waals surface area contributed by atoms with Crippen LogP contribution in [-0.2, 0) is 42.1 Å². The topological polar surface area (TPSA) is 0 Å². The molecule has 0 saturated carbocycles. The van der Waals surface area contributed by atoms with Gasteiger partial charge in [-0.05, 0) is 0 Å². The molecule has 0 N–H and O–H groups in total. The van der Waals surface area contributed by atoms with Crippen molar-refractivity contribution in [3.05, 3.63) is 13.8 Å². The second-order valence-corrected chi connectivity index (χ2v) is 3.12. The third-order valence-corrected chi connectivity index (χ3v) is 2.43. The maximum Gasteiger partial charge on any atom is 0 e. The molecule has 0 aliphatic heterocycles. The van der Waals surface area contributed by atoms with E-state index < -0.39 is 0 Å². The zero-order chi connectivity index (χ0) is 7.49. The molecule has 0 saturated heterocycles. The first-order valence-corrected chi connectivity index (χ1v) is 3.71. The Morgan fingerprint density at radius 3 is 1.64 bits per heavy atom. The quantitative estimate of drug-likeness (QED) is 0.530. The van der Waals surface area contributed by atoms with Crippen molar-refractivity contribution in [1.82, 2.24) is 0 Å². The molecule has 11 heavy (non-hydrogen) atoms. The van der Waals surface area contributed by atoms with Crippen molar-refractivity contribution in [2.45, 2.75) is 33.6 Å². The average Bonchev–Trinajstić information content (AvgIpc) is 1.86. The van der Waals surface area contributed by atoms with Crippen LogP contribution in [-0.4, -0.2) is 0 Å². The van der Waals surface area contributed by atoms with E-state index >= 15 is 0 Å². The van der Waals surface area contributed by atoms with Crippen LogP contribution < -0.4 is 0 Å². The van der Waals surface area contributed by atoms with Crippen molar-refractivity contribution in [3.8, 4) is 0 Å². The van der Waals surface area contributed by atoms with Crippen LogP contribution in [0.4, 0.5) is 0 Å². The Bertz CT molecular complexity index is 75.6. The van der Waals surface area contributed by atoms with Crippen LogP contribution >= 0.6 is 0 Å². The van der Waals surface area contributed by atoms with Crippen LogP contribution in [0.15, 0.2) is 0 Å². The summed E-state index contributed by atoms with van der Waals surface area (Å²) in [4.78, 5) is 0. The van der Waals surface area contributed by atoms with Gasteiger partial charge in [0.25, 0.3) is 0 Å². The maximum absolute atomic E-state index is 4.14. The second kappa shape index (κ2) is 8.00. The molecular weight excluding hydrogens is 476 g/mol. The molecule has 0 nitrogen and oxygen atoms in total. The van der Waals surface area contributed by atoms with Crippen LogP contribution in [0.5, 0.6) is 0 Å². The van der Waals surface area contributed by atoms with Gasteiger partial charge in [0.05, 0.1) is 0 Å². The summed E-state index contributed by atoms with van der Waals surface area (Å²) in [5, 5.41) is 0. The molecule has 0 aromatic heterocycles. The minimum Gasteiger partial charge on any atom is -0.345 e. The van der Waals surface area contributed by atoms with Crippen molar-refractivity contribution in [2.24, 2.45) is 11.3 Å². The molecule has 0 aliphatic rings. The Morgan fingerprint density at radius 1 is 1.27 bits per heavy atom. The largest absolute Gasteiger partial charge is 0.345 e. The molecule has 0 aromatic rings. The predicted molar refractivity (Wildman–Crippen MR) is 42.9 cm³/mol. The number of rotatable bonds is 3. The molecule has 2 heteroatoms. The molecule has 0 fully saturated rings. The number of hydrogen-bond acceptors (Lipinski definition) is 0. The van der Waals surface area contributed by atoms with Gasteiger partial charge < -0.3 is 13.8 Å². The molecule has 0 spiro atoms. The summed E-state index contributed by atoms with van der Waals surface area (Å²) in [6, 6.07) is 0. The maximum atomic E-state index is 4.14. The zero-order valence-electron chi connectivity index (χ0n) is 7.72. The van der Waals surface area contributed by atoms with Gasteiger partial charge in [0.2, 0.25) is 0 Å². The second-order valence-electron chi connectivity index (χ2n) is 3.12. The van der Waals surface area contributed by atoms with Gasteiger partial charge in [-0.3, -0.25) is 0 Å². The fraction of sp³-hybridized carbons (Fsp3) is 0.778. The molecule has 0 aliphatic carbocycles. The molecule has 1 unspecified atom stereocenters. The van der Waals surface area contributed by atoms with E-state index in [1.807, 2.05) is 0 Å². The molecule has 1 atom stereocenters. The van der Waals surface area contributed by atoms with Crippen molar-refractivity contribution in [1.29, 1.82) is 0 Å². The van der Waals surface area contributed by atoms with E-state index in [4.69, 9.17) is 0 Å². The molecule has 0 rings (SSSR count). The zero-order valence-corrected chi connectivity index (χ0v) is 13.6. The van der Waals surface area contributed by atoms with Gasteiger partial charge in [0, 0.05) is 42.1 Å². The summed E-state index contributed by atoms with van der Waals surface area (Å²) < 4.78 is 0. The van der Waals surface area contributed by atoms with Crippen LogP contribution in [0, 0.1) is 25.2 Å². The number of hydrogen-bond donors (Lipinski definition) is 0. The monoisotopic (exact) mass is 494 g/mol. The van der Waals surface area contributed by atoms with Gasteiger partial charge in [-0.25, -0.2) is 6.42 Å². The van der Waals surface area contributed by atoms with Gasteiger partial charge in [-0.2, -0.15) is 5.41 Å². The first-order chi connectivity index (χ1) is 4.06. The Hall–Kier alpha value is 1.38. The van der Waals surface area contributed by atoms with Gasteiger partial charge in [-0.1, -0.05) is 33.1 Å². The fourth-order valence-corrected chi connectivity index (χ4v) is 0.874. The Balaban J connectivity index is -0.000000320. The Morgan fingerprint density at radius 2 is 1.64 bits per heavy atom. The van der Waals surface area contributed by atoms with Crippen LogP contribution in [0.1, 0.15) is 33.6 Å². The third-order valence-electron chi connectivity index (χ3n) is 2.43. The molecule has 0 aromatic carbocycles. The van der Waals surface area contributed by atoms with E-state index in [9.17, 15) is 0 Å². The molecule has 68 valence electrons. The molecular formula is C9H18W2-2. The van der Waals surface area contributed by atoms with E-state index in [1.165, 1.54) is 0 Å². The summed E-state index contributed by atoms with van der Waals surface area (Å²) >= 11 is 0. The minimum absolute atomic E-state index is 0. The normalized spacial score (nSPS) is 14.7. The van der Waals surface area contributed by atoms with E-state index in [-0.39, 0.29) is 47.5 Å². The van der Waals surface area contributed by atoms with E-state index in [0.29, 0.717) is 5.92 Å². The molecule has 0 amide bonds. The first-order valence-electron chi connectivity index (χ1n) is 3.71. The van der Waals surface area contributed by atoms with Crippen molar-refractivity contribution in [3.63, 3.8) is 0 Å². The van der Waals surface area contributed by atoms with Crippen molar-refractivity contribution < 1.29 is 42.1 Å². The van der Waals surface area contributed by atoms with Crippen molar-refractivity contribution >= 4 is 0 Å². The standard InChI is InChI=1S/C9H18.2W/c1-6-9(5,7-2)8(3)4;;/h8H,1,5-7H2,2-4H3;;/q-2;;. The first kappa shape index (κ1) is 18.2. The summed E-state index contributed by atoms with van der Waals surface area (Å²) in [7, 11) is 0. The van der Waals surface area contributed by atoms with E-state index in [0.717, 1.165) is 12.8 Å². The van der Waals surface area contributed by atoms with Gasteiger partial charge in [-0.15, -0.1) is 0 Å². The SMILES string of the molecule is [CH2-]CC([CH2-])(CC)C(C)C.[W].[W]. The van der Waals surface area contributed by atoms with Crippen LogP contribution in [0.2, 0.25) is 0 Å². The third kappa shape index (κ3) is 5.59. The van der Waals surface area contributed by atoms with Crippen molar-refractivity contribution in [2.75, 3.05) is 0 Å². The summed E-state index contributed by atoms with van der Waals surface area (Å²) in [5.41, 5.74) is 0.222. The Labute approximate surface area is 100 Å². The predicted octanol–water partition coefficient (Wildman–Crippen LogP) is 3.09. The summed E-state index contributed by atoms with van der Waals surface area (Å²) in [6.45, 7) is 14.6. The smallest absolute Gasteiger partial charge is 0 e.